The molecule has 1 N–H and O–H groups in total. The van der Waals surface area contributed by atoms with Gasteiger partial charge in [0.2, 0.25) is 0 Å². The topological polar surface area (TPSA) is 79.3 Å². The highest BCUT2D eigenvalue weighted by Gasteiger charge is 2.65. The van der Waals surface area contributed by atoms with Crippen molar-refractivity contribution in [1.29, 1.82) is 0 Å². The van der Waals surface area contributed by atoms with Crippen LogP contribution >= 0.6 is 10.4 Å². The summed E-state index contributed by atoms with van der Waals surface area (Å²) in [5, 5.41) is 9.24. The van der Waals surface area contributed by atoms with Gasteiger partial charge in [-0.3, -0.25) is 14.5 Å². The van der Waals surface area contributed by atoms with E-state index >= 15 is 3.89 Å². The fourth-order valence-corrected chi connectivity index (χ4v) is 8.79. The van der Waals surface area contributed by atoms with Crippen LogP contribution in [0.1, 0.15) is 29.3 Å². The lowest BCUT2D eigenvalue weighted by Gasteiger charge is -2.35. The zero-order chi connectivity index (χ0) is 29.1. The van der Waals surface area contributed by atoms with Crippen LogP contribution in [0.15, 0.2) is 79.4 Å². The molecule has 9 heteroatoms. The molecule has 0 bridgehead atoms. The summed E-state index contributed by atoms with van der Waals surface area (Å²) in [5.41, 5.74) is 1.22. The van der Waals surface area contributed by atoms with Crippen molar-refractivity contribution in [3.05, 3.63) is 90.5 Å². The van der Waals surface area contributed by atoms with E-state index in [0.29, 0.717) is 39.7 Å². The molecule has 214 valence electrons. The number of halogens is 1. The number of aliphatic hydroxyl groups excluding tert-OH is 1. The summed E-state index contributed by atoms with van der Waals surface area (Å²) >= 11 is 0. The zero-order valence-corrected chi connectivity index (χ0v) is 24.1. The van der Waals surface area contributed by atoms with Crippen LogP contribution in [0.3, 0.4) is 0 Å². The van der Waals surface area contributed by atoms with Crippen LogP contribution in [-0.4, -0.2) is 53.9 Å². The first-order valence-corrected chi connectivity index (χ1v) is 16.0. The largest absolute Gasteiger partial charge is 0.454 e. The Morgan fingerprint density at radius 2 is 1.76 bits per heavy atom. The second-order valence-corrected chi connectivity index (χ2v) is 14.1. The number of anilines is 3. The first-order chi connectivity index (χ1) is 19.6. The molecule has 3 heterocycles. The number of benzene rings is 3. The monoisotopic (exact) mass is 576 g/mol. The normalized spacial score (nSPS) is 25.4. The average Bonchev–Trinajstić information content (AvgIpc) is 3.31. The minimum atomic E-state index is -2.67. The third-order valence-electron chi connectivity index (χ3n) is 8.35. The Balaban J connectivity index is 1.56. The van der Waals surface area contributed by atoms with Crippen molar-refractivity contribution in [2.24, 2.45) is 5.92 Å². The molecule has 0 saturated carbocycles. The number of ether oxygens (including phenoxy) is 2. The predicted molar refractivity (Wildman–Crippen MR) is 160 cm³/mol. The molecule has 3 aromatic rings. The fourth-order valence-electron chi connectivity index (χ4n) is 6.71. The van der Waals surface area contributed by atoms with Gasteiger partial charge >= 0.3 is 0 Å². The molecule has 41 heavy (non-hydrogen) atoms. The van der Waals surface area contributed by atoms with Gasteiger partial charge < -0.3 is 19.5 Å². The summed E-state index contributed by atoms with van der Waals surface area (Å²) in [6.07, 6.45) is 4.36. The number of rotatable bonds is 6. The number of fused-ring (bicyclic) bond motifs is 4. The average molecular weight is 577 g/mol. The molecule has 1 spiro atoms. The molecule has 1 saturated heterocycles. The lowest BCUT2D eigenvalue weighted by atomic mass is 9.82. The summed E-state index contributed by atoms with van der Waals surface area (Å²) in [6, 6.07) is 19.8. The lowest BCUT2D eigenvalue weighted by molar-refractivity contribution is -0.146. The van der Waals surface area contributed by atoms with Gasteiger partial charge in [-0.1, -0.05) is 47.7 Å². The van der Waals surface area contributed by atoms with Crippen LogP contribution in [0, 0.1) is 5.92 Å². The molecule has 2 amide bonds. The van der Waals surface area contributed by atoms with Crippen LogP contribution in [0.2, 0.25) is 0 Å². The molecule has 0 radical (unpaired) electrons. The molecule has 7 nitrogen and oxygen atoms in total. The number of nitrogens with zero attached hydrogens (tertiary/aromatic N) is 2. The molecular weight excluding hydrogens is 543 g/mol. The van der Waals surface area contributed by atoms with E-state index in [1.165, 1.54) is 0 Å². The molecule has 3 aromatic carbocycles. The Hall–Kier alpha value is -3.66. The van der Waals surface area contributed by atoms with E-state index in [9.17, 15) is 14.7 Å². The van der Waals surface area contributed by atoms with E-state index in [4.69, 9.17) is 9.47 Å². The highest BCUT2D eigenvalue weighted by atomic mass is 32.3. The van der Waals surface area contributed by atoms with Gasteiger partial charge in [0, 0.05) is 35.6 Å². The van der Waals surface area contributed by atoms with Gasteiger partial charge in [-0.05, 0) is 61.4 Å². The molecule has 0 aromatic heterocycles. The molecule has 6 rings (SSSR count). The van der Waals surface area contributed by atoms with Crippen molar-refractivity contribution in [1.82, 2.24) is 0 Å². The van der Waals surface area contributed by atoms with Crippen molar-refractivity contribution in [2.75, 3.05) is 35.5 Å². The van der Waals surface area contributed by atoms with Crippen LogP contribution in [-0.2, 0) is 15.1 Å². The first-order valence-electron chi connectivity index (χ1n) is 13.6. The van der Waals surface area contributed by atoms with Crippen molar-refractivity contribution in [3.63, 3.8) is 0 Å². The first kappa shape index (κ1) is 27.5. The Kier molecular flexibility index (Phi) is 6.71. The quantitative estimate of drug-likeness (QED) is 0.352. The number of carbonyl (C=O) groups is 2. The molecular formula is C32H33FN2O5S. The van der Waals surface area contributed by atoms with Crippen molar-refractivity contribution >= 4 is 39.3 Å². The van der Waals surface area contributed by atoms with Crippen LogP contribution in [0.25, 0.3) is 0 Å². The number of para-hydroxylation sites is 3. The predicted octanol–water partition coefficient (Wildman–Crippen LogP) is 6.23. The Labute approximate surface area is 240 Å². The minimum Gasteiger partial charge on any atom is -0.454 e. The van der Waals surface area contributed by atoms with Gasteiger partial charge in [0.25, 0.3) is 11.8 Å². The standard InChI is InChI=1S/C32H33FN2O5S/c1-5-17-34-24-15-14-21(35-25-11-7-9-13-27(25)39-26-12-8-6-10-22(26)30(35)37)19-23(24)32(31(34)38)20(2)29(41(3,4)33)28(40-32)16-18-36/h5-15,19-20,28-29,36H,1,16-18H2,2-4H3/t20-,28+,29-,32?/m0/s1. The van der Waals surface area contributed by atoms with Gasteiger partial charge in [0.05, 0.1) is 23.0 Å². The van der Waals surface area contributed by atoms with Crippen molar-refractivity contribution < 1.29 is 28.1 Å². The van der Waals surface area contributed by atoms with Crippen LogP contribution < -0.4 is 14.5 Å². The molecule has 0 aliphatic carbocycles. The van der Waals surface area contributed by atoms with Crippen LogP contribution in [0.4, 0.5) is 20.9 Å². The number of hydrogen-bond donors (Lipinski definition) is 1. The van der Waals surface area contributed by atoms with E-state index in [1.54, 1.807) is 58.7 Å². The minimum absolute atomic E-state index is 0.185. The van der Waals surface area contributed by atoms with Crippen LogP contribution in [0.5, 0.6) is 11.5 Å². The van der Waals surface area contributed by atoms with E-state index < -0.39 is 33.3 Å². The zero-order valence-electron chi connectivity index (χ0n) is 23.2. The SMILES string of the molecule is C=CCN1C(=O)C2(O[C@H](CCO)[C@@H](S(C)(C)F)[C@@H]2C)c2cc(N3C(=O)c4ccccc4Oc4ccccc43)ccc21. The highest BCUT2D eigenvalue weighted by molar-refractivity contribution is 8.29. The second-order valence-electron chi connectivity index (χ2n) is 11.0. The van der Waals surface area contributed by atoms with Gasteiger partial charge in [-0.25, -0.2) is 0 Å². The number of amides is 2. The fraction of sp³-hybridized carbons (Fsp3) is 0.312. The second kappa shape index (κ2) is 10.0. The van der Waals surface area contributed by atoms with E-state index in [0.717, 1.165) is 0 Å². The van der Waals surface area contributed by atoms with Gasteiger partial charge in [-0.15, -0.1) is 6.58 Å². The van der Waals surface area contributed by atoms with Gasteiger partial charge in [-0.2, -0.15) is 3.89 Å². The van der Waals surface area contributed by atoms with Crippen molar-refractivity contribution in [2.45, 2.75) is 30.3 Å². The van der Waals surface area contributed by atoms with Gasteiger partial charge in [0.1, 0.15) is 5.75 Å². The maximum atomic E-state index is 15.8. The molecule has 1 fully saturated rings. The summed E-state index contributed by atoms with van der Waals surface area (Å²) < 4.78 is 28.6. The lowest BCUT2D eigenvalue weighted by Crippen LogP contribution is -2.45. The maximum Gasteiger partial charge on any atom is 0.266 e. The molecule has 4 atom stereocenters. The third kappa shape index (κ3) is 4.09. The molecule has 1 unspecified atom stereocenters. The number of hydrogen-bond acceptors (Lipinski definition) is 5. The third-order valence-corrected chi connectivity index (χ3v) is 10.4. The Bertz CT molecular complexity index is 1560. The summed E-state index contributed by atoms with van der Waals surface area (Å²) in [4.78, 5) is 31.5. The summed E-state index contributed by atoms with van der Waals surface area (Å²) in [5.74, 6) is -0.128. The Morgan fingerprint density at radius 3 is 2.46 bits per heavy atom. The summed E-state index contributed by atoms with van der Waals surface area (Å²) in [7, 11) is -2.67. The van der Waals surface area contributed by atoms with Crippen molar-refractivity contribution in [3.8, 4) is 11.5 Å². The van der Waals surface area contributed by atoms with E-state index in [1.807, 2.05) is 43.3 Å². The van der Waals surface area contributed by atoms with E-state index in [-0.39, 0.29) is 31.4 Å². The van der Waals surface area contributed by atoms with E-state index in [2.05, 4.69) is 6.58 Å². The summed E-state index contributed by atoms with van der Waals surface area (Å²) in [6.45, 7) is 5.75. The molecule has 3 aliphatic rings. The highest BCUT2D eigenvalue weighted by Crippen LogP contribution is 2.64. The smallest absolute Gasteiger partial charge is 0.266 e. The maximum absolute atomic E-state index is 15.8. The van der Waals surface area contributed by atoms with Gasteiger partial charge in [0.15, 0.2) is 11.4 Å². The Morgan fingerprint density at radius 1 is 1.05 bits per heavy atom. The number of carbonyl (C=O) groups excluding carboxylic acids is 2. The number of aliphatic hydroxyl groups is 1. The molecule has 3 aliphatic heterocycles.